The van der Waals surface area contributed by atoms with Gasteiger partial charge in [0.2, 0.25) is 5.91 Å². The van der Waals surface area contributed by atoms with Crippen molar-refractivity contribution in [2.45, 2.75) is 12.3 Å². The van der Waals surface area contributed by atoms with Gasteiger partial charge in [-0.1, -0.05) is 72.0 Å². The van der Waals surface area contributed by atoms with Crippen LogP contribution < -0.4 is 5.32 Å². The second kappa shape index (κ2) is 7.53. The molecule has 0 spiro atoms. The Morgan fingerprint density at radius 1 is 1.08 bits per heavy atom. The fraction of sp³-hybridized carbons (Fsp3) is 0.105. The van der Waals surface area contributed by atoms with E-state index in [0.717, 1.165) is 11.1 Å². The zero-order chi connectivity index (χ0) is 16.8. The quantitative estimate of drug-likeness (QED) is 0.762. The summed E-state index contributed by atoms with van der Waals surface area (Å²) in [5, 5.41) is 12.1. The van der Waals surface area contributed by atoms with Crippen molar-refractivity contribution in [1.29, 1.82) is 5.26 Å². The average Bonchev–Trinajstić information content (AvgIpc) is 3.08. The van der Waals surface area contributed by atoms with Crippen molar-refractivity contribution in [2.24, 2.45) is 0 Å². The van der Waals surface area contributed by atoms with E-state index < -0.39 is 0 Å². The summed E-state index contributed by atoms with van der Waals surface area (Å²) in [5.41, 5.74) is 2.19. The molecule has 0 aliphatic rings. The van der Waals surface area contributed by atoms with Crippen LogP contribution in [0.15, 0.2) is 66.9 Å². The van der Waals surface area contributed by atoms with Crippen LogP contribution >= 0.6 is 11.3 Å². The molecule has 0 radical (unpaired) electrons. The maximum absolute atomic E-state index is 12.4. The highest BCUT2D eigenvalue weighted by atomic mass is 32.1. The molecule has 0 saturated heterocycles. The third-order valence-corrected chi connectivity index (χ3v) is 4.47. The van der Waals surface area contributed by atoms with Crippen LogP contribution in [-0.2, 0) is 4.79 Å². The van der Waals surface area contributed by atoms with Crippen molar-refractivity contribution < 1.29 is 4.79 Å². The van der Waals surface area contributed by atoms with Crippen LogP contribution in [0.5, 0.6) is 0 Å². The lowest BCUT2D eigenvalue weighted by Gasteiger charge is -2.17. The molecule has 118 valence electrons. The van der Waals surface area contributed by atoms with Crippen molar-refractivity contribution in [3.05, 3.63) is 82.9 Å². The van der Waals surface area contributed by atoms with Crippen molar-refractivity contribution in [3.8, 4) is 6.07 Å². The van der Waals surface area contributed by atoms with Gasteiger partial charge in [-0.3, -0.25) is 4.79 Å². The first-order valence-electron chi connectivity index (χ1n) is 7.52. The van der Waals surface area contributed by atoms with Gasteiger partial charge in [-0.15, -0.1) is 0 Å². The number of hydrogen-bond donors (Lipinski definition) is 1. The van der Waals surface area contributed by atoms with Crippen LogP contribution in [0.2, 0.25) is 0 Å². The van der Waals surface area contributed by atoms with Gasteiger partial charge < -0.3 is 5.32 Å². The Labute approximate surface area is 144 Å². The molecule has 3 aromatic rings. The third-order valence-electron chi connectivity index (χ3n) is 3.66. The molecule has 0 bridgehead atoms. The van der Waals surface area contributed by atoms with E-state index >= 15 is 0 Å². The van der Waals surface area contributed by atoms with E-state index in [2.05, 4.69) is 10.3 Å². The molecular formula is C19H15N3OS. The number of aromatic nitrogens is 1. The molecule has 5 heteroatoms. The van der Waals surface area contributed by atoms with E-state index in [4.69, 9.17) is 5.26 Å². The largest absolute Gasteiger partial charge is 0.302 e. The Hall–Kier alpha value is -2.97. The molecule has 0 fully saturated rings. The van der Waals surface area contributed by atoms with Gasteiger partial charge in [0.1, 0.15) is 10.9 Å². The van der Waals surface area contributed by atoms with Gasteiger partial charge in [0.25, 0.3) is 0 Å². The van der Waals surface area contributed by atoms with Crippen molar-refractivity contribution >= 4 is 22.4 Å². The van der Waals surface area contributed by atoms with Crippen molar-refractivity contribution in [3.63, 3.8) is 0 Å². The molecule has 1 aromatic heterocycles. The number of benzene rings is 2. The summed E-state index contributed by atoms with van der Waals surface area (Å²) in [6.45, 7) is 0. The number of carbonyl (C=O) groups excluding carboxylic acids is 1. The lowest BCUT2D eigenvalue weighted by Crippen LogP contribution is -2.16. The Bertz CT molecular complexity index is 814. The molecular weight excluding hydrogens is 318 g/mol. The van der Waals surface area contributed by atoms with E-state index in [1.165, 1.54) is 17.5 Å². The standard InChI is InChI=1S/C19H15N3OS/c20-12-16-13-21-19(24-16)22-18(23)11-17(14-7-3-1-4-8-14)15-9-5-2-6-10-15/h1-10,13,17H,11H2,(H,21,22,23). The van der Waals surface area contributed by atoms with E-state index in [0.29, 0.717) is 16.4 Å². The minimum absolute atomic E-state index is 0.0252. The number of anilines is 1. The van der Waals surface area contributed by atoms with Gasteiger partial charge in [0.15, 0.2) is 5.13 Å². The lowest BCUT2D eigenvalue weighted by molar-refractivity contribution is -0.116. The zero-order valence-electron chi connectivity index (χ0n) is 12.8. The summed E-state index contributed by atoms with van der Waals surface area (Å²) in [5.74, 6) is -0.144. The minimum atomic E-state index is -0.119. The molecule has 1 N–H and O–H groups in total. The van der Waals surface area contributed by atoms with Crippen LogP contribution in [0.1, 0.15) is 28.3 Å². The highest BCUT2D eigenvalue weighted by Crippen LogP contribution is 2.28. The third kappa shape index (κ3) is 3.86. The van der Waals surface area contributed by atoms with Crippen LogP contribution in [0, 0.1) is 11.3 Å². The van der Waals surface area contributed by atoms with E-state index in [-0.39, 0.29) is 11.8 Å². The molecule has 2 aromatic carbocycles. The Morgan fingerprint density at radius 3 is 2.17 bits per heavy atom. The fourth-order valence-electron chi connectivity index (χ4n) is 2.54. The number of nitrogens with zero attached hydrogens (tertiary/aromatic N) is 2. The minimum Gasteiger partial charge on any atom is -0.302 e. The molecule has 24 heavy (non-hydrogen) atoms. The van der Waals surface area contributed by atoms with Gasteiger partial charge >= 0.3 is 0 Å². The second-order valence-electron chi connectivity index (χ2n) is 5.27. The first-order chi connectivity index (χ1) is 11.8. The SMILES string of the molecule is N#Cc1cnc(NC(=O)CC(c2ccccc2)c2ccccc2)s1. The van der Waals surface area contributed by atoms with Crippen molar-refractivity contribution in [1.82, 2.24) is 4.98 Å². The summed E-state index contributed by atoms with van der Waals surface area (Å²) in [6, 6.07) is 22.0. The Morgan fingerprint density at radius 2 is 1.67 bits per heavy atom. The number of rotatable bonds is 5. The molecule has 4 nitrogen and oxygen atoms in total. The summed E-state index contributed by atoms with van der Waals surface area (Å²) in [7, 11) is 0. The Kier molecular flexibility index (Phi) is 4.99. The van der Waals surface area contributed by atoms with Crippen molar-refractivity contribution in [2.75, 3.05) is 5.32 Å². The molecule has 0 aliphatic carbocycles. The normalized spacial score (nSPS) is 10.3. The topological polar surface area (TPSA) is 65.8 Å². The summed E-state index contributed by atoms with van der Waals surface area (Å²) in [4.78, 5) is 17.0. The van der Waals surface area contributed by atoms with E-state index in [1.54, 1.807) is 0 Å². The molecule has 0 aliphatic heterocycles. The molecule has 1 heterocycles. The molecule has 0 atom stereocenters. The van der Waals surface area contributed by atoms with Crippen LogP contribution in [0.3, 0.4) is 0 Å². The molecule has 0 saturated carbocycles. The number of amides is 1. The number of hydrogen-bond acceptors (Lipinski definition) is 4. The first-order valence-corrected chi connectivity index (χ1v) is 8.33. The number of thiazole rings is 1. The van der Waals surface area contributed by atoms with Crippen LogP contribution in [-0.4, -0.2) is 10.9 Å². The van der Waals surface area contributed by atoms with Crippen LogP contribution in [0.4, 0.5) is 5.13 Å². The van der Waals surface area contributed by atoms with Gasteiger partial charge in [0.05, 0.1) is 6.20 Å². The molecule has 0 unspecified atom stereocenters. The number of carbonyl (C=O) groups is 1. The van der Waals surface area contributed by atoms with Gasteiger partial charge in [0, 0.05) is 12.3 Å². The monoisotopic (exact) mass is 333 g/mol. The average molecular weight is 333 g/mol. The van der Waals surface area contributed by atoms with Crippen LogP contribution in [0.25, 0.3) is 0 Å². The first kappa shape index (κ1) is 15.9. The van der Waals surface area contributed by atoms with E-state index in [1.807, 2.05) is 66.7 Å². The maximum atomic E-state index is 12.4. The van der Waals surface area contributed by atoms with E-state index in [9.17, 15) is 4.79 Å². The smallest absolute Gasteiger partial charge is 0.227 e. The summed E-state index contributed by atoms with van der Waals surface area (Å²) in [6.07, 6.45) is 1.78. The molecule has 3 rings (SSSR count). The number of nitrogens with one attached hydrogen (secondary N) is 1. The predicted octanol–water partition coefficient (Wildman–Crippen LogP) is 4.18. The van der Waals surface area contributed by atoms with Gasteiger partial charge in [-0.2, -0.15) is 5.26 Å². The maximum Gasteiger partial charge on any atom is 0.227 e. The summed E-state index contributed by atoms with van der Waals surface area (Å²) >= 11 is 1.18. The highest BCUT2D eigenvalue weighted by molar-refractivity contribution is 7.16. The number of nitriles is 1. The highest BCUT2D eigenvalue weighted by Gasteiger charge is 2.18. The fourth-order valence-corrected chi connectivity index (χ4v) is 3.17. The zero-order valence-corrected chi connectivity index (χ0v) is 13.7. The second-order valence-corrected chi connectivity index (χ2v) is 6.30. The molecule has 1 amide bonds. The summed E-state index contributed by atoms with van der Waals surface area (Å²) < 4.78 is 0. The van der Waals surface area contributed by atoms with Gasteiger partial charge in [-0.05, 0) is 11.1 Å². The lowest BCUT2D eigenvalue weighted by atomic mass is 9.88. The van der Waals surface area contributed by atoms with Gasteiger partial charge in [-0.25, -0.2) is 4.98 Å². The predicted molar refractivity (Wildman–Crippen MR) is 94.8 cm³/mol. The Balaban J connectivity index is 1.79.